The average molecular weight is 312 g/mol. The van der Waals surface area contributed by atoms with Gasteiger partial charge in [-0.25, -0.2) is 4.79 Å². The van der Waals surface area contributed by atoms with Gasteiger partial charge in [-0.3, -0.25) is 0 Å². The van der Waals surface area contributed by atoms with E-state index in [2.05, 4.69) is 35.6 Å². The monoisotopic (exact) mass is 312 g/mol. The van der Waals surface area contributed by atoms with Crippen LogP contribution >= 0.6 is 0 Å². The number of likely N-dealkylation sites (tertiary alicyclic amines) is 1. The van der Waals surface area contributed by atoms with Gasteiger partial charge in [-0.2, -0.15) is 0 Å². The Balaban J connectivity index is 1.61. The number of carbonyl (C=O) groups is 1. The third-order valence-corrected chi connectivity index (χ3v) is 3.96. The predicted molar refractivity (Wildman–Crippen MR) is 93.8 cm³/mol. The van der Waals surface area contributed by atoms with Crippen molar-refractivity contribution in [1.82, 2.24) is 4.90 Å². The average Bonchev–Trinajstić information content (AvgIpc) is 2.94. The third-order valence-electron chi connectivity index (χ3n) is 3.96. The Morgan fingerprint density at radius 1 is 1.17 bits per heavy atom. The van der Waals surface area contributed by atoms with E-state index in [9.17, 15) is 4.79 Å². The van der Waals surface area contributed by atoms with Gasteiger partial charge in [0.25, 0.3) is 0 Å². The van der Waals surface area contributed by atoms with Crippen molar-refractivity contribution in [2.45, 2.75) is 38.8 Å². The highest BCUT2D eigenvalue weighted by atomic mass is 16.6. The lowest BCUT2D eigenvalue weighted by atomic mass is 10.1. The van der Waals surface area contributed by atoms with Crippen molar-refractivity contribution < 1.29 is 9.53 Å². The van der Waals surface area contributed by atoms with Crippen molar-refractivity contribution in [3.05, 3.63) is 42.5 Å². The molecule has 1 fully saturated rings. The summed E-state index contributed by atoms with van der Waals surface area (Å²) in [6, 6.07) is 15.0. The summed E-state index contributed by atoms with van der Waals surface area (Å²) >= 11 is 0. The zero-order valence-electron chi connectivity index (χ0n) is 14.0. The van der Waals surface area contributed by atoms with E-state index in [0.29, 0.717) is 6.54 Å². The predicted octanol–water partition coefficient (Wildman–Crippen LogP) is 4.26. The van der Waals surface area contributed by atoms with Crippen LogP contribution in [0, 0.1) is 0 Å². The Hall–Kier alpha value is -2.23. The van der Waals surface area contributed by atoms with E-state index in [1.54, 1.807) is 4.90 Å². The summed E-state index contributed by atoms with van der Waals surface area (Å²) < 4.78 is 5.44. The standard InChI is InChI=1S/C19H24N2O2/c1-19(2,3)23-18(22)21-11-10-17(13-21)20-16-9-8-14-6-4-5-7-15(14)12-16/h4-9,12,17,20H,10-11,13H2,1-3H3. The Kier molecular flexibility index (Phi) is 4.16. The van der Waals surface area contributed by atoms with E-state index in [1.165, 1.54) is 10.8 Å². The maximum absolute atomic E-state index is 12.1. The van der Waals surface area contributed by atoms with Crippen molar-refractivity contribution in [3.63, 3.8) is 0 Å². The van der Waals surface area contributed by atoms with E-state index in [4.69, 9.17) is 4.74 Å². The molecule has 122 valence electrons. The van der Waals surface area contributed by atoms with Crippen molar-refractivity contribution >= 4 is 22.6 Å². The maximum Gasteiger partial charge on any atom is 0.410 e. The second-order valence-corrected chi connectivity index (χ2v) is 7.12. The summed E-state index contributed by atoms with van der Waals surface area (Å²) in [5.41, 5.74) is 0.653. The number of fused-ring (bicyclic) bond motifs is 1. The van der Waals surface area contributed by atoms with Crippen LogP contribution in [0.25, 0.3) is 10.8 Å². The number of ether oxygens (including phenoxy) is 1. The van der Waals surface area contributed by atoms with Crippen LogP contribution in [0.15, 0.2) is 42.5 Å². The summed E-state index contributed by atoms with van der Waals surface area (Å²) in [6.07, 6.45) is 0.715. The molecule has 1 aliphatic heterocycles. The first kappa shape index (κ1) is 15.7. The molecule has 1 saturated heterocycles. The number of anilines is 1. The number of rotatable bonds is 2. The van der Waals surface area contributed by atoms with Gasteiger partial charge in [0.05, 0.1) is 0 Å². The SMILES string of the molecule is CC(C)(C)OC(=O)N1CCC(Nc2ccc3ccccc3c2)C1. The number of nitrogens with one attached hydrogen (secondary N) is 1. The molecule has 0 bridgehead atoms. The van der Waals surface area contributed by atoms with Crippen molar-refractivity contribution in [2.75, 3.05) is 18.4 Å². The van der Waals surface area contributed by atoms with E-state index in [0.717, 1.165) is 18.7 Å². The second-order valence-electron chi connectivity index (χ2n) is 7.12. The Labute approximate surface area is 137 Å². The molecule has 1 N–H and O–H groups in total. The van der Waals surface area contributed by atoms with Crippen LogP contribution in [0.5, 0.6) is 0 Å². The fourth-order valence-corrected chi connectivity index (χ4v) is 2.89. The summed E-state index contributed by atoms with van der Waals surface area (Å²) in [5, 5.41) is 5.99. The first-order chi connectivity index (χ1) is 10.9. The van der Waals surface area contributed by atoms with Crippen molar-refractivity contribution in [3.8, 4) is 0 Å². The van der Waals surface area contributed by atoms with Crippen LogP contribution in [0.2, 0.25) is 0 Å². The summed E-state index contributed by atoms with van der Waals surface area (Å²) in [5.74, 6) is 0. The molecule has 3 rings (SSSR count). The Bertz CT molecular complexity index is 706. The Morgan fingerprint density at radius 3 is 2.65 bits per heavy atom. The number of carbonyl (C=O) groups excluding carboxylic acids is 1. The lowest BCUT2D eigenvalue weighted by molar-refractivity contribution is 0.0293. The minimum Gasteiger partial charge on any atom is -0.444 e. The molecule has 1 atom stereocenters. The van der Waals surface area contributed by atoms with Gasteiger partial charge in [-0.1, -0.05) is 30.3 Å². The van der Waals surface area contributed by atoms with Gasteiger partial charge < -0.3 is 15.0 Å². The van der Waals surface area contributed by atoms with Gasteiger partial charge >= 0.3 is 6.09 Å². The fraction of sp³-hybridized carbons (Fsp3) is 0.421. The smallest absolute Gasteiger partial charge is 0.410 e. The fourth-order valence-electron chi connectivity index (χ4n) is 2.89. The van der Waals surface area contributed by atoms with Crippen LogP contribution in [-0.4, -0.2) is 35.7 Å². The second kappa shape index (κ2) is 6.11. The highest BCUT2D eigenvalue weighted by molar-refractivity contribution is 5.85. The molecular formula is C19H24N2O2. The quantitative estimate of drug-likeness (QED) is 0.901. The van der Waals surface area contributed by atoms with Crippen molar-refractivity contribution in [1.29, 1.82) is 0 Å². The molecule has 1 heterocycles. The lowest BCUT2D eigenvalue weighted by Gasteiger charge is -2.24. The van der Waals surface area contributed by atoms with Crippen LogP contribution in [0.3, 0.4) is 0 Å². The molecule has 2 aromatic rings. The van der Waals surface area contributed by atoms with Crippen LogP contribution in [-0.2, 0) is 4.74 Å². The third kappa shape index (κ3) is 3.95. The number of hydrogen-bond acceptors (Lipinski definition) is 3. The molecule has 1 amide bonds. The molecule has 0 spiro atoms. The zero-order chi connectivity index (χ0) is 16.4. The highest BCUT2D eigenvalue weighted by Gasteiger charge is 2.29. The molecule has 4 nitrogen and oxygen atoms in total. The molecule has 0 saturated carbocycles. The van der Waals surface area contributed by atoms with Crippen LogP contribution < -0.4 is 5.32 Å². The molecule has 1 aliphatic rings. The van der Waals surface area contributed by atoms with Crippen LogP contribution in [0.4, 0.5) is 10.5 Å². The molecule has 0 aliphatic carbocycles. The van der Waals surface area contributed by atoms with E-state index in [1.807, 2.05) is 32.9 Å². The number of nitrogens with zero attached hydrogens (tertiary/aromatic N) is 1. The number of amides is 1. The lowest BCUT2D eigenvalue weighted by Crippen LogP contribution is -2.36. The molecular weight excluding hydrogens is 288 g/mol. The van der Waals surface area contributed by atoms with Crippen molar-refractivity contribution in [2.24, 2.45) is 0 Å². The summed E-state index contributed by atoms with van der Waals surface area (Å²) in [6.45, 7) is 7.10. The minimum absolute atomic E-state index is 0.222. The normalized spacial score (nSPS) is 18.2. The minimum atomic E-state index is -0.444. The first-order valence-electron chi connectivity index (χ1n) is 8.14. The van der Waals surface area contributed by atoms with Gasteiger partial charge in [-0.15, -0.1) is 0 Å². The van der Waals surface area contributed by atoms with E-state index >= 15 is 0 Å². The zero-order valence-corrected chi connectivity index (χ0v) is 14.0. The number of hydrogen-bond donors (Lipinski definition) is 1. The van der Waals surface area contributed by atoms with Gasteiger partial charge in [-0.05, 0) is 50.1 Å². The molecule has 0 aromatic heterocycles. The van der Waals surface area contributed by atoms with E-state index in [-0.39, 0.29) is 12.1 Å². The Morgan fingerprint density at radius 2 is 1.91 bits per heavy atom. The molecule has 23 heavy (non-hydrogen) atoms. The van der Waals surface area contributed by atoms with Gasteiger partial charge in [0.15, 0.2) is 0 Å². The van der Waals surface area contributed by atoms with Gasteiger partial charge in [0.1, 0.15) is 5.60 Å². The first-order valence-corrected chi connectivity index (χ1v) is 8.14. The van der Waals surface area contributed by atoms with E-state index < -0.39 is 5.60 Å². The molecule has 1 unspecified atom stereocenters. The molecule has 0 radical (unpaired) electrons. The highest BCUT2D eigenvalue weighted by Crippen LogP contribution is 2.22. The maximum atomic E-state index is 12.1. The molecule has 2 aromatic carbocycles. The molecule has 4 heteroatoms. The topological polar surface area (TPSA) is 41.6 Å². The largest absolute Gasteiger partial charge is 0.444 e. The van der Waals surface area contributed by atoms with Crippen LogP contribution in [0.1, 0.15) is 27.2 Å². The number of benzene rings is 2. The van der Waals surface area contributed by atoms with Gasteiger partial charge in [0, 0.05) is 24.8 Å². The van der Waals surface area contributed by atoms with Gasteiger partial charge in [0.2, 0.25) is 0 Å². The summed E-state index contributed by atoms with van der Waals surface area (Å²) in [4.78, 5) is 13.9. The summed E-state index contributed by atoms with van der Waals surface area (Å²) in [7, 11) is 0.